The van der Waals surface area contributed by atoms with Gasteiger partial charge in [0, 0.05) is 24.6 Å². The van der Waals surface area contributed by atoms with E-state index in [1.54, 1.807) is 13.2 Å². The fourth-order valence-corrected chi connectivity index (χ4v) is 1.75. The van der Waals surface area contributed by atoms with Crippen LogP contribution < -0.4 is 5.56 Å². The molecule has 0 spiro atoms. The normalized spacial score (nSPS) is 10.9. The monoisotopic (exact) mass is 219 g/mol. The van der Waals surface area contributed by atoms with Gasteiger partial charge in [0.25, 0.3) is 0 Å². The zero-order chi connectivity index (χ0) is 11.7. The van der Waals surface area contributed by atoms with Gasteiger partial charge in [0.15, 0.2) is 0 Å². The molecular weight excluding hydrogens is 206 g/mol. The molecule has 0 unspecified atom stereocenters. The first-order valence-corrected chi connectivity index (χ1v) is 4.96. The number of rotatable bonds is 2. The fourth-order valence-electron chi connectivity index (χ4n) is 1.75. The summed E-state index contributed by atoms with van der Waals surface area (Å²) in [5.41, 5.74) is 2.03. The van der Waals surface area contributed by atoms with Crippen LogP contribution in [-0.2, 0) is 11.3 Å². The number of pyridine rings is 1. The van der Waals surface area contributed by atoms with Crippen LogP contribution in [-0.4, -0.2) is 17.2 Å². The third-order valence-electron chi connectivity index (χ3n) is 2.55. The molecule has 0 fully saturated rings. The Hall–Kier alpha value is -1.81. The summed E-state index contributed by atoms with van der Waals surface area (Å²) in [4.78, 5) is 14.1. The molecule has 4 nitrogen and oxygen atoms in total. The van der Waals surface area contributed by atoms with E-state index in [-0.39, 0.29) is 11.3 Å². The lowest BCUT2D eigenvalue weighted by molar-refractivity contribution is 0.186. The van der Waals surface area contributed by atoms with E-state index in [1.807, 2.05) is 13.0 Å². The minimum absolute atomic E-state index is 0.178. The maximum Gasteiger partial charge on any atom is 0.248 e. The van der Waals surface area contributed by atoms with Gasteiger partial charge in [-0.25, -0.2) is 0 Å². The third kappa shape index (κ3) is 1.79. The van der Waals surface area contributed by atoms with Crippen molar-refractivity contribution in [1.82, 2.24) is 4.98 Å². The van der Waals surface area contributed by atoms with E-state index in [0.29, 0.717) is 12.1 Å². The predicted octanol–water partition coefficient (Wildman–Crippen LogP) is 1.69. The van der Waals surface area contributed by atoms with E-state index in [2.05, 4.69) is 4.98 Å². The van der Waals surface area contributed by atoms with Gasteiger partial charge in [-0.05, 0) is 24.1 Å². The first-order valence-electron chi connectivity index (χ1n) is 4.96. The summed E-state index contributed by atoms with van der Waals surface area (Å²) in [6.07, 6.45) is 0. The molecule has 84 valence electrons. The molecule has 0 amide bonds. The van der Waals surface area contributed by atoms with E-state index in [4.69, 9.17) is 4.74 Å². The number of aryl methyl sites for hydroxylation is 1. The number of aromatic amines is 1. The number of benzene rings is 1. The summed E-state index contributed by atoms with van der Waals surface area (Å²) >= 11 is 0. The number of fused-ring (bicyclic) bond motifs is 1. The van der Waals surface area contributed by atoms with Gasteiger partial charge in [-0.15, -0.1) is 0 Å². The zero-order valence-corrected chi connectivity index (χ0v) is 9.20. The molecule has 1 aromatic heterocycles. The largest absolute Gasteiger partial charge is 0.508 e. The highest BCUT2D eigenvalue weighted by Gasteiger charge is 2.06. The van der Waals surface area contributed by atoms with E-state index < -0.39 is 0 Å². The van der Waals surface area contributed by atoms with Gasteiger partial charge in [-0.3, -0.25) is 4.79 Å². The molecule has 2 rings (SSSR count). The molecule has 0 saturated heterocycles. The number of nitrogens with one attached hydrogen (secondary N) is 1. The Labute approximate surface area is 92.5 Å². The highest BCUT2D eigenvalue weighted by molar-refractivity contribution is 5.84. The van der Waals surface area contributed by atoms with Crippen LogP contribution in [0.4, 0.5) is 0 Å². The van der Waals surface area contributed by atoms with Gasteiger partial charge in [0.05, 0.1) is 12.1 Å². The Kier molecular flexibility index (Phi) is 2.66. The van der Waals surface area contributed by atoms with Crippen molar-refractivity contribution in [3.63, 3.8) is 0 Å². The second-order valence-electron chi connectivity index (χ2n) is 3.78. The molecule has 0 bridgehead atoms. The number of H-pyrrole nitrogens is 1. The van der Waals surface area contributed by atoms with Gasteiger partial charge in [0.2, 0.25) is 5.56 Å². The lowest BCUT2D eigenvalue weighted by Crippen LogP contribution is -2.07. The molecule has 16 heavy (non-hydrogen) atoms. The maximum atomic E-state index is 11.4. The average molecular weight is 219 g/mol. The standard InChI is InChI=1S/C12H13NO3/c1-7-3-9-8(6-16-2)4-12(15)13-10(9)5-11(7)14/h3-5,14H,6H2,1-2H3,(H,13,15). The summed E-state index contributed by atoms with van der Waals surface area (Å²) in [7, 11) is 1.58. The fraction of sp³-hybridized carbons (Fsp3) is 0.250. The summed E-state index contributed by atoms with van der Waals surface area (Å²) in [6, 6.07) is 4.92. The minimum atomic E-state index is -0.192. The topological polar surface area (TPSA) is 62.3 Å². The molecule has 0 radical (unpaired) electrons. The Morgan fingerprint density at radius 3 is 2.81 bits per heavy atom. The van der Waals surface area contributed by atoms with Crippen molar-refractivity contribution in [3.05, 3.63) is 39.7 Å². The van der Waals surface area contributed by atoms with E-state index in [0.717, 1.165) is 16.5 Å². The summed E-state index contributed by atoms with van der Waals surface area (Å²) in [5.74, 6) is 0.178. The number of hydrogen-bond donors (Lipinski definition) is 2. The number of hydrogen-bond acceptors (Lipinski definition) is 3. The van der Waals surface area contributed by atoms with Crippen molar-refractivity contribution in [2.75, 3.05) is 7.11 Å². The Morgan fingerprint density at radius 2 is 2.12 bits per heavy atom. The highest BCUT2D eigenvalue weighted by atomic mass is 16.5. The lowest BCUT2D eigenvalue weighted by atomic mass is 10.1. The van der Waals surface area contributed by atoms with Crippen molar-refractivity contribution >= 4 is 10.9 Å². The molecular formula is C12H13NO3. The number of phenolic OH excluding ortho intramolecular Hbond substituents is 1. The molecule has 1 heterocycles. The van der Waals surface area contributed by atoms with Gasteiger partial charge in [0.1, 0.15) is 5.75 Å². The summed E-state index contributed by atoms with van der Waals surface area (Å²) in [6.45, 7) is 2.20. The van der Waals surface area contributed by atoms with Crippen LogP contribution in [0.25, 0.3) is 10.9 Å². The van der Waals surface area contributed by atoms with Crippen molar-refractivity contribution in [3.8, 4) is 5.75 Å². The molecule has 4 heteroatoms. The number of phenols is 1. The Bertz CT molecular complexity index is 587. The molecule has 0 saturated carbocycles. The molecule has 2 N–H and O–H groups in total. The molecule has 1 aromatic carbocycles. The van der Waals surface area contributed by atoms with Gasteiger partial charge in [-0.2, -0.15) is 0 Å². The zero-order valence-electron chi connectivity index (χ0n) is 9.20. The first-order chi connectivity index (χ1) is 7.61. The Morgan fingerprint density at radius 1 is 1.38 bits per heavy atom. The number of methoxy groups -OCH3 is 1. The van der Waals surface area contributed by atoms with E-state index in [9.17, 15) is 9.90 Å². The Balaban J connectivity index is 2.79. The van der Waals surface area contributed by atoms with Gasteiger partial charge >= 0.3 is 0 Å². The SMILES string of the molecule is COCc1cc(=O)[nH]c2cc(O)c(C)cc12. The smallest absolute Gasteiger partial charge is 0.248 e. The molecule has 0 aliphatic carbocycles. The van der Waals surface area contributed by atoms with Crippen LogP contribution in [0.5, 0.6) is 5.75 Å². The number of aromatic hydroxyl groups is 1. The van der Waals surface area contributed by atoms with Crippen LogP contribution in [0, 0.1) is 6.92 Å². The second kappa shape index (κ2) is 3.98. The number of aromatic nitrogens is 1. The van der Waals surface area contributed by atoms with E-state index >= 15 is 0 Å². The number of ether oxygens (including phenoxy) is 1. The van der Waals surface area contributed by atoms with Crippen LogP contribution in [0.15, 0.2) is 23.0 Å². The van der Waals surface area contributed by atoms with Crippen LogP contribution in [0.2, 0.25) is 0 Å². The molecule has 0 aliphatic rings. The molecule has 0 atom stereocenters. The van der Waals surface area contributed by atoms with Crippen LogP contribution in [0.1, 0.15) is 11.1 Å². The average Bonchev–Trinajstić information content (AvgIpc) is 2.21. The van der Waals surface area contributed by atoms with E-state index in [1.165, 1.54) is 6.07 Å². The van der Waals surface area contributed by atoms with Crippen molar-refractivity contribution < 1.29 is 9.84 Å². The summed E-state index contributed by atoms with van der Waals surface area (Å²) < 4.78 is 5.05. The van der Waals surface area contributed by atoms with Gasteiger partial charge < -0.3 is 14.8 Å². The van der Waals surface area contributed by atoms with Crippen LogP contribution in [0.3, 0.4) is 0 Å². The maximum absolute atomic E-state index is 11.4. The third-order valence-corrected chi connectivity index (χ3v) is 2.55. The minimum Gasteiger partial charge on any atom is -0.508 e. The highest BCUT2D eigenvalue weighted by Crippen LogP contribution is 2.24. The second-order valence-corrected chi connectivity index (χ2v) is 3.78. The van der Waals surface area contributed by atoms with Crippen molar-refractivity contribution in [2.45, 2.75) is 13.5 Å². The van der Waals surface area contributed by atoms with Crippen molar-refractivity contribution in [2.24, 2.45) is 0 Å². The molecule has 0 aliphatic heterocycles. The van der Waals surface area contributed by atoms with Gasteiger partial charge in [-0.1, -0.05) is 0 Å². The van der Waals surface area contributed by atoms with Crippen LogP contribution >= 0.6 is 0 Å². The predicted molar refractivity (Wildman–Crippen MR) is 61.7 cm³/mol. The van der Waals surface area contributed by atoms with Crippen molar-refractivity contribution in [1.29, 1.82) is 0 Å². The lowest BCUT2D eigenvalue weighted by Gasteiger charge is -2.07. The molecule has 2 aromatic rings. The first kappa shape index (κ1) is 10.7. The summed E-state index contributed by atoms with van der Waals surface area (Å²) in [5, 5.41) is 10.5. The quantitative estimate of drug-likeness (QED) is 0.807.